The second-order valence-corrected chi connectivity index (χ2v) is 2.55. The van der Waals surface area contributed by atoms with Gasteiger partial charge in [-0.2, -0.15) is 0 Å². The lowest BCUT2D eigenvalue weighted by atomic mass is 10.2. The summed E-state index contributed by atoms with van der Waals surface area (Å²) in [5.74, 6) is 0.752. The second-order valence-electron chi connectivity index (χ2n) is 2.55. The molecule has 0 bridgehead atoms. The molecule has 0 saturated carbocycles. The summed E-state index contributed by atoms with van der Waals surface area (Å²) in [4.78, 5) is 7.97. The summed E-state index contributed by atoms with van der Waals surface area (Å²) in [6.45, 7) is 1.95. The van der Waals surface area contributed by atoms with Gasteiger partial charge in [0.1, 0.15) is 0 Å². The number of rotatable bonds is 1. The van der Waals surface area contributed by atoms with Crippen molar-refractivity contribution in [2.75, 3.05) is 0 Å². The highest BCUT2D eigenvalue weighted by atomic mass is 16.3. The van der Waals surface area contributed by atoms with Gasteiger partial charge in [-0.1, -0.05) is 0 Å². The van der Waals surface area contributed by atoms with Crippen molar-refractivity contribution in [2.45, 2.75) is 6.92 Å². The van der Waals surface area contributed by atoms with Gasteiger partial charge in [0.2, 0.25) is 0 Å². The molecule has 0 aliphatic rings. The third kappa shape index (κ3) is 1.21. The van der Waals surface area contributed by atoms with Crippen molar-refractivity contribution in [3.8, 4) is 11.3 Å². The minimum atomic E-state index is 0.752. The Morgan fingerprint density at radius 3 is 2.75 bits per heavy atom. The molecule has 2 rings (SSSR count). The summed E-state index contributed by atoms with van der Waals surface area (Å²) in [6, 6.07) is 3.90. The maximum atomic E-state index is 5.11. The second kappa shape index (κ2) is 2.77. The quantitative estimate of drug-likeness (QED) is 0.640. The topological polar surface area (TPSA) is 38.9 Å². The summed E-state index contributed by atoms with van der Waals surface area (Å²) in [7, 11) is 0. The Kier molecular flexibility index (Phi) is 1.63. The van der Waals surface area contributed by atoms with E-state index in [1.165, 1.54) is 6.39 Å². The molecule has 0 N–H and O–H groups in total. The molecular formula is C9H8N2O. The summed E-state index contributed by atoms with van der Waals surface area (Å²) in [6.07, 6.45) is 4.86. The van der Waals surface area contributed by atoms with E-state index in [1.807, 2.05) is 19.1 Å². The van der Waals surface area contributed by atoms with Crippen molar-refractivity contribution < 1.29 is 4.42 Å². The lowest BCUT2D eigenvalue weighted by molar-refractivity contribution is 0.571. The molecule has 0 atom stereocenters. The van der Waals surface area contributed by atoms with Crippen molar-refractivity contribution >= 4 is 0 Å². The van der Waals surface area contributed by atoms with Crippen molar-refractivity contribution in [2.24, 2.45) is 0 Å². The highest BCUT2D eigenvalue weighted by molar-refractivity contribution is 5.54. The molecule has 0 fully saturated rings. The fraction of sp³-hybridized carbons (Fsp3) is 0.111. The predicted octanol–water partition coefficient (Wildman–Crippen LogP) is 2.05. The Morgan fingerprint density at radius 2 is 2.17 bits per heavy atom. The molecule has 0 amide bonds. The molecule has 0 saturated heterocycles. The molecule has 3 heteroatoms. The first kappa shape index (κ1) is 7.03. The van der Waals surface area contributed by atoms with Gasteiger partial charge >= 0.3 is 0 Å². The van der Waals surface area contributed by atoms with E-state index in [0.717, 1.165) is 17.0 Å². The van der Waals surface area contributed by atoms with E-state index in [-0.39, 0.29) is 0 Å². The summed E-state index contributed by atoms with van der Waals surface area (Å²) < 4.78 is 5.11. The highest BCUT2D eigenvalue weighted by Crippen LogP contribution is 2.16. The summed E-state index contributed by atoms with van der Waals surface area (Å²) in [5.41, 5.74) is 1.95. The van der Waals surface area contributed by atoms with Crippen LogP contribution in [0.5, 0.6) is 0 Å². The van der Waals surface area contributed by atoms with Gasteiger partial charge in [0.15, 0.2) is 12.2 Å². The Balaban J connectivity index is 2.43. The molecular weight excluding hydrogens is 152 g/mol. The lowest BCUT2D eigenvalue weighted by Gasteiger charge is -1.94. The fourth-order valence-electron chi connectivity index (χ4n) is 0.972. The van der Waals surface area contributed by atoms with Gasteiger partial charge < -0.3 is 4.42 Å². The van der Waals surface area contributed by atoms with Gasteiger partial charge in [-0.25, -0.2) is 4.98 Å². The number of aromatic nitrogens is 2. The number of aryl methyl sites for hydroxylation is 1. The molecule has 0 radical (unpaired) electrons. The third-order valence-electron chi connectivity index (χ3n) is 1.63. The molecule has 2 aromatic rings. The molecule has 12 heavy (non-hydrogen) atoms. The van der Waals surface area contributed by atoms with Crippen LogP contribution < -0.4 is 0 Å². The number of hydrogen-bond donors (Lipinski definition) is 0. The first-order chi connectivity index (χ1) is 5.86. The number of hydrogen-bond acceptors (Lipinski definition) is 3. The average Bonchev–Trinajstić information content (AvgIpc) is 2.58. The standard InChI is InChI=1S/C9H8N2O/c1-7-2-3-8(4-11-7)9-5-10-6-12-9/h2-6H,1H3. The minimum Gasteiger partial charge on any atom is -0.443 e. The zero-order valence-corrected chi connectivity index (χ0v) is 6.69. The smallest absolute Gasteiger partial charge is 0.181 e. The molecule has 60 valence electrons. The highest BCUT2D eigenvalue weighted by Gasteiger charge is 1.99. The number of nitrogens with zero attached hydrogens (tertiary/aromatic N) is 2. The van der Waals surface area contributed by atoms with Gasteiger partial charge in [-0.3, -0.25) is 4.98 Å². The van der Waals surface area contributed by atoms with Gasteiger partial charge in [0.05, 0.1) is 6.20 Å². The zero-order chi connectivity index (χ0) is 8.39. The van der Waals surface area contributed by atoms with Crippen LogP contribution in [0.4, 0.5) is 0 Å². The van der Waals surface area contributed by atoms with Crippen LogP contribution in [0.3, 0.4) is 0 Å². The van der Waals surface area contributed by atoms with Crippen LogP contribution in [0.1, 0.15) is 5.69 Å². The molecule has 0 unspecified atom stereocenters. The molecule has 0 aromatic carbocycles. The van der Waals surface area contributed by atoms with Crippen LogP contribution >= 0.6 is 0 Å². The van der Waals surface area contributed by atoms with E-state index in [9.17, 15) is 0 Å². The van der Waals surface area contributed by atoms with Crippen LogP contribution in [-0.4, -0.2) is 9.97 Å². The number of oxazole rings is 1. The van der Waals surface area contributed by atoms with Crippen LogP contribution in [0, 0.1) is 6.92 Å². The fourth-order valence-corrected chi connectivity index (χ4v) is 0.972. The Hall–Kier alpha value is -1.64. The van der Waals surface area contributed by atoms with Crippen molar-refractivity contribution in [1.82, 2.24) is 9.97 Å². The van der Waals surface area contributed by atoms with Crippen LogP contribution in [-0.2, 0) is 0 Å². The molecule has 2 heterocycles. The molecule has 0 aliphatic heterocycles. The summed E-state index contributed by atoms with van der Waals surface area (Å²) >= 11 is 0. The maximum absolute atomic E-state index is 5.11. The maximum Gasteiger partial charge on any atom is 0.181 e. The van der Waals surface area contributed by atoms with E-state index < -0.39 is 0 Å². The van der Waals surface area contributed by atoms with Gasteiger partial charge in [0.25, 0.3) is 0 Å². The van der Waals surface area contributed by atoms with E-state index in [4.69, 9.17) is 4.42 Å². The largest absolute Gasteiger partial charge is 0.443 e. The van der Waals surface area contributed by atoms with E-state index in [1.54, 1.807) is 12.4 Å². The van der Waals surface area contributed by atoms with Crippen molar-refractivity contribution in [3.63, 3.8) is 0 Å². The molecule has 2 aromatic heterocycles. The van der Waals surface area contributed by atoms with Crippen LogP contribution in [0.25, 0.3) is 11.3 Å². The van der Waals surface area contributed by atoms with E-state index in [2.05, 4.69) is 9.97 Å². The van der Waals surface area contributed by atoms with Crippen LogP contribution in [0.15, 0.2) is 35.3 Å². The van der Waals surface area contributed by atoms with Gasteiger partial charge in [-0.15, -0.1) is 0 Å². The van der Waals surface area contributed by atoms with Crippen molar-refractivity contribution in [1.29, 1.82) is 0 Å². The Labute approximate surface area is 70.1 Å². The monoisotopic (exact) mass is 160 g/mol. The van der Waals surface area contributed by atoms with Crippen LogP contribution in [0.2, 0.25) is 0 Å². The first-order valence-corrected chi connectivity index (χ1v) is 3.68. The first-order valence-electron chi connectivity index (χ1n) is 3.68. The zero-order valence-electron chi connectivity index (χ0n) is 6.69. The molecule has 3 nitrogen and oxygen atoms in total. The predicted molar refractivity (Wildman–Crippen MR) is 44.5 cm³/mol. The molecule has 0 aliphatic carbocycles. The van der Waals surface area contributed by atoms with Gasteiger partial charge in [-0.05, 0) is 19.1 Å². The normalized spacial score (nSPS) is 10.1. The van der Waals surface area contributed by atoms with Gasteiger partial charge in [0, 0.05) is 17.5 Å². The average molecular weight is 160 g/mol. The summed E-state index contributed by atoms with van der Waals surface area (Å²) in [5, 5.41) is 0. The van der Waals surface area contributed by atoms with E-state index >= 15 is 0 Å². The third-order valence-corrected chi connectivity index (χ3v) is 1.63. The minimum absolute atomic E-state index is 0.752. The SMILES string of the molecule is Cc1ccc(-c2cnco2)cn1. The van der Waals surface area contributed by atoms with E-state index in [0.29, 0.717) is 0 Å². The Morgan fingerprint density at radius 1 is 1.25 bits per heavy atom. The Bertz CT molecular complexity index is 351. The lowest BCUT2D eigenvalue weighted by Crippen LogP contribution is -1.80. The molecule has 0 spiro atoms. The number of pyridine rings is 1. The van der Waals surface area contributed by atoms with Crippen molar-refractivity contribution in [3.05, 3.63) is 36.6 Å².